The van der Waals surface area contributed by atoms with Crippen LogP contribution in [0.3, 0.4) is 0 Å². The van der Waals surface area contributed by atoms with E-state index in [1.54, 1.807) is 26.1 Å². The lowest BCUT2D eigenvalue weighted by molar-refractivity contribution is -0.120. The molecular weight excluding hydrogens is 397 g/mol. The van der Waals surface area contributed by atoms with E-state index in [-0.39, 0.29) is 22.5 Å². The minimum absolute atomic E-state index is 0.0776. The zero-order valence-electron chi connectivity index (χ0n) is 16.2. The van der Waals surface area contributed by atoms with Crippen molar-refractivity contribution in [2.45, 2.75) is 31.2 Å². The van der Waals surface area contributed by atoms with Gasteiger partial charge in [-0.1, -0.05) is 37.7 Å². The highest BCUT2D eigenvalue weighted by Crippen LogP contribution is 2.32. The average molecular weight is 420 g/mol. The van der Waals surface area contributed by atoms with Gasteiger partial charge in [-0.25, -0.2) is 9.37 Å². The van der Waals surface area contributed by atoms with Gasteiger partial charge in [0.25, 0.3) is 5.56 Å². The molecule has 5 nitrogen and oxygen atoms in total. The lowest BCUT2D eigenvalue weighted by Gasteiger charge is -2.14. The maximum Gasteiger partial charge on any atom is 0.263 e. The quantitative estimate of drug-likeness (QED) is 0.484. The molecule has 0 aliphatic carbocycles. The Morgan fingerprint density at radius 3 is 2.61 bits per heavy atom. The van der Waals surface area contributed by atoms with E-state index in [4.69, 9.17) is 0 Å². The third-order valence-electron chi connectivity index (χ3n) is 4.27. The van der Waals surface area contributed by atoms with Gasteiger partial charge in [0, 0.05) is 24.5 Å². The summed E-state index contributed by atoms with van der Waals surface area (Å²) < 4.78 is 14.7. The van der Waals surface area contributed by atoms with Crippen LogP contribution in [0.2, 0.25) is 0 Å². The number of carbonyl (C=O) groups excluding carboxylic acids is 1. The maximum atomic E-state index is 13.2. The third kappa shape index (κ3) is 4.28. The first kappa shape index (κ1) is 20.5. The molecule has 0 saturated carbocycles. The van der Waals surface area contributed by atoms with E-state index in [0.29, 0.717) is 27.8 Å². The van der Waals surface area contributed by atoms with E-state index in [9.17, 15) is 14.0 Å². The van der Waals surface area contributed by atoms with Gasteiger partial charge in [0.1, 0.15) is 10.6 Å². The molecule has 0 fully saturated rings. The number of nitrogens with zero attached hydrogens (tertiary/aromatic N) is 2. The number of fused-ring (bicyclic) bond motifs is 1. The van der Waals surface area contributed by atoms with Gasteiger partial charge in [-0.2, -0.15) is 0 Å². The van der Waals surface area contributed by atoms with Gasteiger partial charge in [0.15, 0.2) is 5.16 Å². The third-order valence-corrected chi connectivity index (χ3v) is 6.28. The van der Waals surface area contributed by atoms with Crippen LogP contribution in [0.1, 0.15) is 20.8 Å². The minimum atomic E-state index is -0.370. The Bertz CT molecular complexity index is 1060. The molecule has 3 rings (SSSR count). The second-order valence-electron chi connectivity index (χ2n) is 6.99. The van der Waals surface area contributed by atoms with Crippen molar-refractivity contribution < 1.29 is 9.18 Å². The van der Waals surface area contributed by atoms with Gasteiger partial charge in [-0.05, 0) is 30.5 Å². The number of halogens is 1. The number of aromatic nitrogens is 2. The summed E-state index contributed by atoms with van der Waals surface area (Å²) in [5.74, 6) is -0.0278. The van der Waals surface area contributed by atoms with Gasteiger partial charge >= 0.3 is 0 Å². The maximum absolute atomic E-state index is 13.2. The van der Waals surface area contributed by atoms with Crippen molar-refractivity contribution in [3.63, 3.8) is 0 Å². The van der Waals surface area contributed by atoms with Crippen LogP contribution in [0.25, 0.3) is 21.3 Å². The van der Waals surface area contributed by atoms with E-state index < -0.39 is 0 Å². The molecule has 3 aromatic rings. The van der Waals surface area contributed by atoms with Crippen LogP contribution >= 0.6 is 23.1 Å². The molecule has 1 aromatic carbocycles. The summed E-state index contributed by atoms with van der Waals surface area (Å²) in [4.78, 5) is 30.5. The molecule has 0 aliphatic rings. The molecule has 1 amide bonds. The number of nitrogens with one attached hydrogen (secondary N) is 1. The van der Waals surface area contributed by atoms with Crippen molar-refractivity contribution in [2.24, 2.45) is 13.0 Å². The molecule has 148 valence electrons. The number of hydrogen-bond acceptors (Lipinski definition) is 5. The highest BCUT2D eigenvalue weighted by atomic mass is 32.2. The van der Waals surface area contributed by atoms with E-state index in [1.807, 2.05) is 19.2 Å². The van der Waals surface area contributed by atoms with Gasteiger partial charge in [-0.3, -0.25) is 14.2 Å². The van der Waals surface area contributed by atoms with Crippen molar-refractivity contribution in [3.8, 4) is 11.1 Å². The summed E-state index contributed by atoms with van der Waals surface area (Å²) in [6.07, 6.45) is 0. The van der Waals surface area contributed by atoms with Gasteiger partial charge in [0.2, 0.25) is 5.91 Å². The van der Waals surface area contributed by atoms with Crippen molar-refractivity contribution in [1.29, 1.82) is 0 Å². The van der Waals surface area contributed by atoms with Crippen molar-refractivity contribution in [1.82, 2.24) is 14.9 Å². The standard InChI is InChI=1S/C20H22FN3O2S2/c1-11(2)9-22-17(25)12(3)28-20-23-18-16(19(26)24(20)4)15(10-27-18)13-5-7-14(21)8-6-13/h5-8,10-12H,9H2,1-4H3,(H,22,25)/t12-/m0/s1. The molecule has 2 heterocycles. The number of amides is 1. The van der Waals surface area contributed by atoms with E-state index >= 15 is 0 Å². The first-order valence-electron chi connectivity index (χ1n) is 8.96. The molecule has 0 saturated heterocycles. The Morgan fingerprint density at radius 2 is 1.96 bits per heavy atom. The molecule has 0 radical (unpaired) electrons. The SMILES string of the molecule is CC(C)CNC(=O)[C@H](C)Sc1nc2scc(-c3ccc(F)cc3)c2c(=O)n1C. The fourth-order valence-corrected chi connectivity index (χ4v) is 4.55. The second kappa shape index (κ2) is 8.45. The van der Waals surface area contributed by atoms with Crippen LogP contribution in [0, 0.1) is 11.7 Å². The number of thioether (sulfide) groups is 1. The first-order chi connectivity index (χ1) is 13.3. The first-order valence-corrected chi connectivity index (χ1v) is 10.7. The number of hydrogen-bond donors (Lipinski definition) is 1. The van der Waals surface area contributed by atoms with Gasteiger partial charge < -0.3 is 5.32 Å². The van der Waals surface area contributed by atoms with Crippen LogP contribution in [0.15, 0.2) is 39.6 Å². The van der Waals surface area contributed by atoms with Crippen LogP contribution in [-0.4, -0.2) is 27.3 Å². The average Bonchev–Trinajstić information content (AvgIpc) is 3.08. The molecule has 0 bridgehead atoms. The van der Waals surface area contributed by atoms with Gasteiger partial charge in [0.05, 0.1) is 10.6 Å². The Hall–Kier alpha value is -2.19. The zero-order valence-corrected chi connectivity index (χ0v) is 17.8. The molecular formula is C20H22FN3O2S2. The van der Waals surface area contributed by atoms with Crippen LogP contribution < -0.4 is 10.9 Å². The molecule has 0 spiro atoms. The molecule has 28 heavy (non-hydrogen) atoms. The second-order valence-corrected chi connectivity index (χ2v) is 9.16. The fraction of sp³-hybridized carbons (Fsp3) is 0.350. The number of carbonyl (C=O) groups is 1. The monoisotopic (exact) mass is 419 g/mol. The summed E-state index contributed by atoms with van der Waals surface area (Å²) >= 11 is 2.63. The molecule has 8 heteroatoms. The largest absolute Gasteiger partial charge is 0.355 e. The normalized spacial score (nSPS) is 12.5. The lowest BCUT2D eigenvalue weighted by Crippen LogP contribution is -2.34. The van der Waals surface area contributed by atoms with Crippen LogP contribution in [-0.2, 0) is 11.8 Å². The summed E-state index contributed by atoms with van der Waals surface area (Å²) in [5.41, 5.74) is 1.34. The summed E-state index contributed by atoms with van der Waals surface area (Å²) in [6.45, 7) is 6.48. The van der Waals surface area contributed by atoms with Crippen molar-refractivity contribution in [3.05, 3.63) is 45.8 Å². The predicted octanol–water partition coefficient (Wildman–Crippen LogP) is 4.05. The molecule has 0 aliphatic heterocycles. The lowest BCUT2D eigenvalue weighted by atomic mass is 10.1. The van der Waals surface area contributed by atoms with Crippen LogP contribution in [0.4, 0.5) is 4.39 Å². The topological polar surface area (TPSA) is 64.0 Å². The number of rotatable bonds is 6. The Balaban J connectivity index is 1.92. The molecule has 1 N–H and O–H groups in total. The van der Waals surface area contributed by atoms with E-state index in [0.717, 1.165) is 11.1 Å². The molecule has 1 atom stereocenters. The summed E-state index contributed by atoms with van der Waals surface area (Å²) in [5, 5.41) is 5.40. The predicted molar refractivity (Wildman–Crippen MR) is 113 cm³/mol. The number of thiophene rings is 1. The Labute approximate surface area is 171 Å². The fourth-order valence-electron chi connectivity index (χ4n) is 2.66. The highest BCUT2D eigenvalue weighted by molar-refractivity contribution is 8.00. The summed E-state index contributed by atoms with van der Waals surface area (Å²) in [7, 11) is 1.65. The van der Waals surface area contributed by atoms with E-state index in [2.05, 4.69) is 10.3 Å². The van der Waals surface area contributed by atoms with Gasteiger partial charge in [-0.15, -0.1) is 11.3 Å². The Kier molecular flexibility index (Phi) is 6.20. The zero-order chi connectivity index (χ0) is 20.4. The smallest absolute Gasteiger partial charge is 0.263 e. The molecule has 0 unspecified atom stereocenters. The minimum Gasteiger partial charge on any atom is -0.355 e. The summed E-state index contributed by atoms with van der Waals surface area (Å²) in [6, 6.07) is 6.05. The van der Waals surface area contributed by atoms with Crippen molar-refractivity contribution in [2.75, 3.05) is 6.54 Å². The number of benzene rings is 1. The van der Waals surface area contributed by atoms with Crippen LogP contribution in [0.5, 0.6) is 0 Å². The van der Waals surface area contributed by atoms with Crippen molar-refractivity contribution >= 4 is 39.2 Å². The Morgan fingerprint density at radius 1 is 1.29 bits per heavy atom. The van der Waals surface area contributed by atoms with E-state index in [1.165, 1.54) is 39.8 Å². The highest BCUT2D eigenvalue weighted by Gasteiger charge is 2.20. The molecule has 2 aromatic heterocycles.